The fourth-order valence-corrected chi connectivity index (χ4v) is 3.63. The zero-order valence-corrected chi connectivity index (χ0v) is 18.4. The van der Waals surface area contributed by atoms with E-state index in [0.29, 0.717) is 11.7 Å². The van der Waals surface area contributed by atoms with E-state index in [4.69, 9.17) is 10.1 Å². The van der Waals surface area contributed by atoms with Gasteiger partial charge in [0.05, 0.1) is 6.54 Å². The van der Waals surface area contributed by atoms with Crippen LogP contribution in [-0.2, 0) is 25.8 Å². The van der Waals surface area contributed by atoms with E-state index in [0.717, 1.165) is 49.4 Å². The van der Waals surface area contributed by atoms with Crippen molar-refractivity contribution in [3.8, 4) is 11.4 Å². The molecule has 0 fully saturated rings. The highest BCUT2D eigenvalue weighted by molar-refractivity contribution is 5.60. The molecule has 2 aromatic carbocycles. The van der Waals surface area contributed by atoms with Gasteiger partial charge in [-0.25, -0.2) is 9.67 Å². The van der Waals surface area contributed by atoms with Crippen molar-refractivity contribution in [2.45, 2.75) is 53.0 Å². The Kier molecular flexibility index (Phi) is 6.50. The van der Waals surface area contributed by atoms with E-state index >= 15 is 0 Å². The number of benzene rings is 2. The van der Waals surface area contributed by atoms with Gasteiger partial charge in [0.25, 0.3) is 0 Å². The van der Waals surface area contributed by atoms with Crippen LogP contribution >= 0.6 is 0 Å². The predicted molar refractivity (Wildman–Crippen MR) is 121 cm³/mol. The summed E-state index contributed by atoms with van der Waals surface area (Å²) < 4.78 is 2.07. The highest BCUT2D eigenvalue weighted by Gasteiger charge is 2.12. The number of aromatic nitrogens is 7. The summed E-state index contributed by atoms with van der Waals surface area (Å²) in [5.41, 5.74) is 4.66. The van der Waals surface area contributed by atoms with Gasteiger partial charge in [-0.05, 0) is 40.7 Å². The van der Waals surface area contributed by atoms with Gasteiger partial charge in [0, 0.05) is 18.4 Å². The van der Waals surface area contributed by atoms with Crippen LogP contribution in [0.15, 0.2) is 48.5 Å². The smallest absolute Gasteiger partial charge is 0.204 e. The Morgan fingerprint density at radius 2 is 1.77 bits per heavy atom. The summed E-state index contributed by atoms with van der Waals surface area (Å²) in [6.45, 7) is 7.35. The van der Waals surface area contributed by atoms with Gasteiger partial charge in [-0.15, -0.1) is 10.2 Å². The van der Waals surface area contributed by atoms with E-state index in [1.54, 1.807) is 0 Å². The van der Waals surface area contributed by atoms with Gasteiger partial charge in [0.15, 0.2) is 5.82 Å². The Morgan fingerprint density at radius 3 is 2.48 bits per heavy atom. The summed E-state index contributed by atoms with van der Waals surface area (Å²) >= 11 is 0. The Morgan fingerprint density at radius 1 is 1.00 bits per heavy atom. The van der Waals surface area contributed by atoms with Gasteiger partial charge < -0.3 is 0 Å². The molecule has 0 radical (unpaired) electrons. The van der Waals surface area contributed by atoms with Crippen molar-refractivity contribution in [3.05, 3.63) is 76.9 Å². The molecule has 4 rings (SSSR count). The van der Waals surface area contributed by atoms with Crippen molar-refractivity contribution in [1.82, 2.24) is 35.4 Å². The molecule has 0 bridgehead atoms. The van der Waals surface area contributed by atoms with Crippen LogP contribution in [0.25, 0.3) is 11.4 Å². The van der Waals surface area contributed by atoms with Crippen molar-refractivity contribution >= 4 is 0 Å². The van der Waals surface area contributed by atoms with Gasteiger partial charge in [0.2, 0.25) is 5.82 Å². The van der Waals surface area contributed by atoms with Crippen LogP contribution in [0.1, 0.15) is 55.5 Å². The molecule has 31 heavy (non-hydrogen) atoms. The average molecular weight is 416 g/mol. The van der Waals surface area contributed by atoms with Crippen LogP contribution in [0.5, 0.6) is 0 Å². The number of aromatic amines is 1. The molecule has 7 nitrogen and oxygen atoms in total. The number of H-pyrrole nitrogens is 1. The molecule has 1 N–H and O–H groups in total. The number of nitrogens with zero attached hydrogens (tertiary/aromatic N) is 6. The van der Waals surface area contributed by atoms with Crippen LogP contribution in [0, 0.1) is 5.92 Å². The molecular weight excluding hydrogens is 386 g/mol. The zero-order chi connectivity index (χ0) is 21.6. The third kappa shape index (κ3) is 5.23. The SMILES string of the molecule is CCc1nc(CCC(C)C)n(Cc2ccc(Cc3ccccc3-c3nn[nH]n3)cc2)n1. The number of aryl methyl sites for hydroxylation is 2. The summed E-state index contributed by atoms with van der Waals surface area (Å²) in [7, 11) is 0. The van der Waals surface area contributed by atoms with Crippen LogP contribution in [0.3, 0.4) is 0 Å². The van der Waals surface area contributed by atoms with Gasteiger partial charge in [-0.1, -0.05) is 69.3 Å². The van der Waals surface area contributed by atoms with Crippen molar-refractivity contribution in [3.63, 3.8) is 0 Å². The van der Waals surface area contributed by atoms with Gasteiger partial charge in [-0.2, -0.15) is 10.3 Å². The van der Waals surface area contributed by atoms with E-state index in [2.05, 4.69) is 76.4 Å². The summed E-state index contributed by atoms with van der Waals surface area (Å²) in [5, 5.41) is 19.2. The second-order valence-electron chi connectivity index (χ2n) is 8.27. The first-order valence-electron chi connectivity index (χ1n) is 10.9. The van der Waals surface area contributed by atoms with Crippen LogP contribution in [0.4, 0.5) is 0 Å². The molecule has 7 heteroatoms. The third-order valence-electron chi connectivity index (χ3n) is 5.41. The standard InChI is InChI=1S/C24H29N7/c1-4-22-25-23(14-9-17(2)3)31(28-22)16-19-12-10-18(11-13-19)15-20-7-5-6-8-21(20)24-26-29-30-27-24/h5-8,10-13,17H,4,9,14-16H2,1-3H3,(H,26,27,29,30). The highest BCUT2D eigenvalue weighted by atomic mass is 15.5. The molecule has 0 saturated heterocycles. The first kappa shape index (κ1) is 20.9. The lowest BCUT2D eigenvalue weighted by atomic mass is 9.98. The number of nitrogens with one attached hydrogen (secondary N) is 1. The third-order valence-corrected chi connectivity index (χ3v) is 5.41. The van der Waals surface area contributed by atoms with Crippen molar-refractivity contribution < 1.29 is 0 Å². The highest BCUT2D eigenvalue weighted by Crippen LogP contribution is 2.22. The molecule has 0 aliphatic heterocycles. The number of tetrazole rings is 1. The van der Waals surface area contributed by atoms with E-state index in [-0.39, 0.29) is 0 Å². The Bertz CT molecular complexity index is 1100. The van der Waals surface area contributed by atoms with Gasteiger partial charge in [-0.3, -0.25) is 0 Å². The molecule has 0 atom stereocenters. The first-order chi connectivity index (χ1) is 15.1. The molecule has 160 valence electrons. The summed E-state index contributed by atoms with van der Waals surface area (Å²) in [6, 6.07) is 16.9. The zero-order valence-electron chi connectivity index (χ0n) is 18.4. The predicted octanol–water partition coefficient (Wildman–Crippen LogP) is 4.25. The maximum absolute atomic E-state index is 4.74. The van der Waals surface area contributed by atoms with E-state index in [1.807, 2.05) is 18.2 Å². The van der Waals surface area contributed by atoms with Gasteiger partial charge in [0.1, 0.15) is 5.82 Å². The monoisotopic (exact) mass is 415 g/mol. The molecule has 0 unspecified atom stereocenters. The normalized spacial score (nSPS) is 11.4. The minimum atomic E-state index is 0.624. The van der Waals surface area contributed by atoms with E-state index < -0.39 is 0 Å². The minimum Gasteiger partial charge on any atom is -0.245 e. The van der Waals surface area contributed by atoms with Gasteiger partial charge >= 0.3 is 0 Å². The van der Waals surface area contributed by atoms with Crippen molar-refractivity contribution in [2.24, 2.45) is 5.92 Å². The number of hydrogen-bond acceptors (Lipinski definition) is 5. The number of rotatable bonds is 9. The maximum Gasteiger partial charge on any atom is 0.204 e. The topological polar surface area (TPSA) is 85.2 Å². The summed E-state index contributed by atoms with van der Waals surface area (Å²) in [5.74, 6) is 3.29. The molecule has 2 aromatic heterocycles. The molecule has 2 heterocycles. The quantitative estimate of drug-likeness (QED) is 0.442. The van der Waals surface area contributed by atoms with E-state index in [1.165, 1.54) is 16.7 Å². The summed E-state index contributed by atoms with van der Waals surface area (Å²) in [4.78, 5) is 4.74. The Hall–Kier alpha value is -3.35. The fraction of sp³-hybridized carbons (Fsp3) is 0.375. The molecule has 4 aromatic rings. The van der Waals surface area contributed by atoms with Crippen LogP contribution in [-0.4, -0.2) is 35.4 Å². The second-order valence-corrected chi connectivity index (χ2v) is 8.27. The van der Waals surface area contributed by atoms with Crippen molar-refractivity contribution in [2.75, 3.05) is 0 Å². The summed E-state index contributed by atoms with van der Waals surface area (Å²) in [6.07, 6.45) is 3.77. The van der Waals surface area contributed by atoms with Crippen LogP contribution in [0.2, 0.25) is 0 Å². The molecule has 0 aliphatic rings. The number of hydrogen-bond donors (Lipinski definition) is 1. The lowest BCUT2D eigenvalue weighted by molar-refractivity contribution is 0.546. The fourth-order valence-electron chi connectivity index (χ4n) is 3.63. The molecule has 0 aliphatic carbocycles. The lowest BCUT2D eigenvalue weighted by Crippen LogP contribution is -2.08. The Balaban J connectivity index is 1.48. The molecule has 0 saturated carbocycles. The Labute approximate surface area is 182 Å². The molecule has 0 spiro atoms. The van der Waals surface area contributed by atoms with Crippen LogP contribution < -0.4 is 0 Å². The maximum atomic E-state index is 4.74. The molecule has 0 amide bonds. The average Bonchev–Trinajstić information content (AvgIpc) is 3.44. The largest absolute Gasteiger partial charge is 0.245 e. The van der Waals surface area contributed by atoms with E-state index in [9.17, 15) is 0 Å². The minimum absolute atomic E-state index is 0.624. The lowest BCUT2D eigenvalue weighted by Gasteiger charge is -2.09. The van der Waals surface area contributed by atoms with Crippen molar-refractivity contribution in [1.29, 1.82) is 0 Å². The molecular formula is C24H29N7. The second kappa shape index (κ2) is 9.64. The first-order valence-corrected chi connectivity index (χ1v) is 10.9.